The number of benzene rings is 1. The third-order valence-electron chi connectivity index (χ3n) is 3.39. The monoisotopic (exact) mass is 284 g/mol. The maximum Gasteiger partial charge on any atom is 0.101 e. The fraction of sp³-hybridized carbons (Fsp3) is 0.353. The van der Waals surface area contributed by atoms with Crippen molar-refractivity contribution in [2.75, 3.05) is 0 Å². The lowest BCUT2D eigenvalue weighted by atomic mass is 10.2. The summed E-state index contributed by atoms with van der Waals surface area (Å²) >= 11 is 1.73. The average molecular weight is 284 g/mol. The number of hydrogen-bond donors (Lipinski definition) is 1. The van der Waals surface area contributed by atoms with Gasteiger partial charge in [-0.2, -0.15) is 0 Å². The van der Waals surface area contributed by atoms with Crippen molar-refractivity contribution in [1.82, 2.24) is 10.3 Å². The molecule has 0 unspecified atom stereocenters. The van der Waals surface area contributed by atoms with Gasteiger partial charge < -0.3 is 5.32 Å². The van der Waals surface area contributed by atoms with E-state index in [1.54, 1.807) is 11.8 Å². The van der Waals surface area contributed by atoms with Crippen LogP contribution in [-0.2, 0) is 6.54 Å². The van der Waals surface area contributed by atoms with E-state index < -0.39 is 0 Å². The molecule has 0 spiro atoms. The van der Waals surface area contributed by atoms with Gasteiger partial charge in [0.05, 0.1) is 0 Å². The summed E-state index contributed by atoms with van der Waals surface area (Å²) in [6.45, 7) is 5.15. The third-order valence-corrected chi connectivity index (χ3v) is 4.32. The number of pyridine rings is 1. The van der Waals surface area contributed by atoms with Gasteiger partial charge in [0.15, 0.2) is 0 Å². The molecular weight excluding hydrogens is 264 g/mol. The SMILES string of the molecule is Cc1cc(C)nc(Sc2ccc(CNC3CC3)cc2)c1. The highest BCUT2D eigenvalue weighted by atomic mass is 32.2. The Morgan fingerprint density at radius 3 is 2.55 bits per heavy atom. The van der Waals surface area contributed by atoms with Gasteiger partial charge in [-0.15, -0.1) is 0 Å². The van der Waals surface area contributed by atoms with Crippen LogP contribution in [0.25, 0.3) is 0 Å². The van der Waals surface area contributed by atoms with Crippen molar-refractivity contribution in [3.8, 4) is 0 Å². The van der Waals surface area contributed by atoms with E-state index in [0.29, 0.717) is 0 Å². The van der Waals surface area contributed by atoms with Crippen molar-refractivity contribution in [1.29, 1.82) is 0 Å². The van der Waals surface area contributed by atoms with Crippen molar-refractivity contribution in [3.05, 3.63) is 53.2 Å². The summed E-state index contributed by atoms with van der Waals surface area (Å²) in [4.78, 5) is 5.82. The Labute approximate surface area is 125 Å². The van der Waals surface area contributed by atoms with Gasteiger partial charge in [0.25, 0.3) is 0 Å². The number of nitrogens with zero attached hydrogens (tertiary/aromatic N) is 1. The zero-order valence-electron chi connectivity index (χ0n) is 12.0. The molecule has 0 radical (unpaired) electrons. The van der Waals surface area contributed by atoms with Crippen LogP contribution in [0.1, 0.15) is 29.7 Å². The van der Waals surface area contributed by atoms with Gasteiger partial charge in [-0.25, -0.2) is 4.98 Å². The Kier molecular flexibility index (Phi) is 4.08. The van der Waals surface area contributed by atoms with Gasteiger partial charge in [-0.05, 0) is 62.1 Å². The Bertz CT molecular complexity index is 568. The van der Waals surface area contributed by atoms with Crippen LogP contribution in [0.15, 0.2) is 46.3 Å². The number of aryl methyl sites for hydroxylation is 2. The molecule has 104 valence electrons. The van der Waals surface area contributed by atoms with E-state index in [1.165, 1.54) is 28.9 Å². The Morgan fingerprint density at radius 1 is 1.15 bits per heavy atom. The minimum Gasteiger partial charge on any atom is -0.310 e. The first-order valence-electron chi connectivity index (χ1n) is 7.14. The van der Waals surface area contributed by atoms with Crippen molar-refractivity contribution >= 4 is 11.8 Å². The van der Waals surface area contributed by atoms with Crippen molar-refractivity contribution < 1.29 is 0 Å². The minimum absolute atomic E-state index is 0.767. The molecule has 1 saturated carbocycles. The Morgan fingerprint density at radius 2 is 1.90 bits per heavy atom. The molecule has 0 aliphatic heterocycles. The number of aromatic nitrogens is 1. The number of hydrogen-bond acceptors (Lipinski definition) is 3. The molecule has 2 nitrogen and oxygen atoms in total. The average Bonchev–Trinajstić information content (AvgIpc) is 3.21. The summed E-state index contributed by atoms with van der Waals surface area (Å²) in [5, 5.41) is 4.61. The molecule has 0 bridgehead atoms. The summed E-state index contributed by atoms with van der Waals surface area (Å²) in [6, 6.07) is 13.8. The second-order valence-corrected chi connectivity index (χ2v) is 6.62. The molecule has 3 heteroatoms. The van der Waals surface area contributed by atoms with E-state index in [4.69, 9.17) is 0 Å². The maximum atomic E-state index is 4.57. The van der Waals surface area contributed by atoms with Crippen LogP contribution in [0.4, 0.5) is 0 Å². The highest BCUT2D eigenvalue weighted by Crippen LogP contribution is 2.27. The van der Waals surface area contributed by atoms with Gasteiger partial charge in [-0.1, -0.05) is 23.9 Å². The van der Waals surface area contributed by atoms with Crippen molar-refractivity contribution in [2.24, 2.45) is 0 Å². The van der Waals surface area contributed by atoms with E-state index in [2.05, 4.69) is 53.6 Å². The smallest absolute Gasteiger partial charge is 0.101 e. The standard InChI is InChI=1S/C17H20N2S/c1-12-9-13(2)19-17(10-12)20-16-7-3-14(4-8-16)11-18-15-5-6-15/h3-4,7-10,15,18H,5-6,11H2,1-2H3. The van der Waals surface area contributed by atoms with Gasteiger partial charge in [0.2, 0.25) is 0 Å². The minimum atomic E-state index is 0.767. The topological polar surface area (TPSA) is 24.9 Å². The first-order chi connectivity index (χ1) is 9.69. The summed E-state index contributed by atoms with van der Waals surface area (Å²) in [7, 11) is 0. The zero-order chi connectivity index (χ0) is 13.9. The molecule has 20 heavy (non-hydrogen) atoms. The molecule has 0 amide bonds. The van der Waals surface area contributed by atoms with Crippen molar-refractivity contribution in [2.45, 2.75) is 49.2 Å². The van der Waals surface area contributed by atoms with Gasteiger partial charge in [-0.3, -0.25) is 0 Å². The quantitative estimate of drug-likeness (QED) is 0.894. The second kappa shape index (κ2) is 5.98. The van der Waals surface area contributed by atoms with Crippen LogP contribution in [0.3, 0.4) is 0 Å². The molecule has 1 aromatic carbocycles. The Balaban J connectivity index is 1.64. The lowest BCUT2D eigenvalue weighted by Crippen LogP contribution is -2.14. The fourth-order valence-electron chi connectivity index (χ4n) is 2.20. The highest BCUT2D eigenvalue weighted by molar-refractivity contribution is 7.99. The van der Waals surface area contributed by atoms with Gasteiger partial charge >= 0.3 is 0 Å². The van der Waals surface area contributed by atoms with E-state index >= 15 is 0 Å². The molecule has 3 rings (SSSR count). The fourth-order valence-corrected chi connectivity index (χ4v) is 3.15. The van der Waals surface area contributed by atoms with E-state index in [1.807, 2.05) is 6.92 Å². The normalized spacial score (nSPS) is 14.5. The summed E-state index contributed by atoms with van der Waals surface area (Å²) in [6.07, 6.45) is 2.68. The lowest BCUT2D eigenvalue weighted by molar-refractivity contribution is 0.687. The van der Waals surface area contributed by atoms with Crippen LogP contribution < -0.4 is 5.32 Å². The lowest BCUT2D eigenvalue weighted by Gasteiger charge is -2.06. The molecule has 1 heterocycles. The van der Waals surface area contributed by atoms with Crippen LogP contribution in [0, 0.1) is 13.8 Å². The largest absolute Gasteiger partial charge is 0.310 e. The van der Waals surface area contributed by atoms with Crippen LogP contribution in [0.2, 0.25) is 0 Å². The Hall–Kier alpha value is -1.32. The molecule has 1 fully saturated rings. The number of rotatable bonds is 5. The van der Waals surface area contributed by atoms with Gasteiger partial charge in [0.1, 0.15) is 5.03 Å². The molecule has 1 aromatic heterocycles. The van der Waals surface area contributed by atoms with Gasteiger partial charge in [0, 0.05) is 23.2 Å². The van der Waals surface area contributed by atoms with Crippen LogP contribution >= 0.6 is 11.8 Å². The predicted octanol–water partition coefficient (Wildman–Crippen LogP) is 4.10. The van der Waals surface area contributed by atoms with E-state index in [9.17, 15) is 0 Å². The first-order valence-corrected chi connectivity index (χ1v) is 7.96. The van der Waals surface area contributed by atoms with Crippen LogP contribution in [-0.4, -0.2) is 11.0 Å². The molecular formula is C17H20N2S. The summed E-state index contributed by atoms with van der Waals surface area (Å²) in [5.74, 6) is 0. The molecule has 1 N–H and O–H groups in total. The first kappa shape index (κ1) is 13.7. The predicted molar refractivity (Wildman–Crippen MR) is 84.1 cm³/mol. The summed E-state index contributed by atoms with van der Waals surface area (Å²) in [5.41, 5.74) is 3.71. The molecule has 2 aromatic rings. The van der Waals surface area contributed by atoms with E-state index in [0.717, 1.165) is 23.3 Å². The molecule has 1 aliphatic rings. The third kappa shape index (κ3) is 3.84. The molecule has 0 saturated heterocycles. The van der Waals surface area contributed by atoms with E-state index in [-0.39, 0.29) is 0 Å². The highest BCUT2D eigenvalue weighted by Gasteiger charge is 2.19. The van der Waals surface area contributed by atoms with Crippen LogP contribution in [0.5, 0.6) is 0 Å². The zero-order valence-corrected chi connectivity index (χ0v) is 12.8. The number of nitrogens with one attached hydrogen (secondary N) is 1. The molecule has 0 atom stereocenters. The second-order valence-electron chi connectivity index (χ2n) is 5.53. The summed E-state index contributed by atoms with van der Waals surface area (Å²) < 4.78 is 0. The van der Waals surface area contributed by atoms with Crippen molar-refractivity contribution in [3.63, 3.8) is 0 Å². The molecule has 1 aliphatic carbocycles. The maximum absolute atomic E-state index is 4.57.